The van der Waals surface area contributed by atoms with Gasteiger partial charge in [-0.2, -0.15) is 10.5 Å². The van der Waals surface area contributed by atoms with Gasteiger partial charge in [0.25, 0.3) is 0 Å². The van der Waals surface area contributed by atoms with E-state index in [-0.39, 0.29) is 29.9 Å². The highest BCUT2D eigenvalue weighted by Crippen LogP contribution is 2.72. The quantitative estimate of drug-likeness (QED) is 0.122. The third-order valence-electron chi connectivity index (χ3n) is 14.2. The summed E-state index contributed by atoms with van der Waals surface area (Å²) in [7, 11) is 1.28. The number of rotatable bonds is 12. The molecule has 1 spiro atoms. The van der Waals surface area contributed by atoms with E-state index in [0.29, 0.717) is 47.5 Å². The first-order chi connectivity index (χ1) is 29.2. The number of ketones is 1. The fraction of sp³-hybridized carbons (Fsp3) is 0.625. The molecule has 7 aliphatic rings. The van der Waals surface area contributed by atoms with Crippen LogP contribution in [-0.2, 0) is 36.6 Å². The molecule has 12 atom stereocenters. The standard InChI is InChI=1S/C48H60N2O12/c1-24(2)11-10-16-46(8)17-15-29-39(59-44-38(54)37(53)36(52)33(23-51)58-44)31-19-32-35(27(21-49)22-50)30-20-34-45(6,7)62-47(42(30)55,18-14-26(5)43(56)57-9)48(32,34)61-41(31)28(40(29)60-46)13-12-25(3)4/h11-12,14-15,17,27,30,32-38,44,51-54H,10,13,16,18-20,23H2,1-9H3/b26-14-/t30?,32?,33-,34?,35?,36-,37+,38-,44+,46?,47?,48?/m1/s1. The molecule has 3 saturated carbocycles. The van der Waals surface area contributed by atoms with Crippen LogP contribution in [0.4, 0.5) is 0 Å². The van der Waals surface area contributed by atoms with Gasteiger partial charge in [-0.15, -0.1) is 0 Å². The average molecular weight is 857 g/mol. The molecule has 62 heavy (non-hydrogen) atoms. The lowest BCUT2D eigenvalue weighted by Gasteiger charge is -2.64. The maximum atomic E-state index is 15.3. The Kier molecular flexibility index (Phi) is 12.1. The summed E-state index contributed by atoms with van der Waals surface area (Å²) in [5.74, 6) is -3.77. The number of benzene rings is 1. The number of aliphatic hydroxyl groups excluding tert-OH is 4. The van der Waals surface area contributed by atoms with Crippen molar-refractivity contribution in [2.24, 2.45) is 29.6 Å². The number of allylic oxidation sites excluding steroid dienone is 4. The zero-order valence-electron chi connectivity index (χ0n) is 37.1. The second-order valence-corrected chi connectivity index (χ2v) is 19.1. The summed E-state index contributed by atoms with van der Waals surface area (Å²) >= 11 is 0. The fourth-order valence-corrected chi connectivity index (χ4v) is 11.2. The number of fused-ring (bicyclic) bond motifs is 2. The molecule has 4 aliphatic heterocycles. The Bertz CT molecular complexity index is 2190. The molecular weight excluding hydrogens is 797 g/mol. The molecule has 5 fully saturated rings. The third-order valence-corrected chi connectivity index (χ3v) is 14.2. The second-order valence-electron chi connectivity index (χ2n) is 19.1. The molecule has 8 rings (SSSR count). The van der Waals surface area contributed by atoms with E-state index in [1.807, 2.05) is 66.7 Å². The van der Waals surface area contributed by atoms with Gasteiger partial charge in [0.1, 0.15) is 53.2 Å². The van der Waals surface area contributed by atoms with Gasteiger partial charge in [-0.3, -0.25) is 4.79 Å². The summed E-state index contributed by atoms with van der Waals surface area (Å²) in [4.78, 5) is 28.1. The summed E-state index contributed by atoms with van der Waals surface area (Å²) in [6.45, 7) is 14.8. The Morgan fingerprint density at radius 1 is 0.984 bits per heavy atom. The van der Waals surface area contributed by atoms with E-state index in [0.717, 1.165) is 12.0 Å². The van der Waals surface area contributed by atoms with Crippen LogP contribution in [0.25, 0.3) is 6.08 Å². The lowest BCUT2D eigenvalue weighted by molar-refractivity contribution is -0.277. The fourth-order valence-electron chi connectivity index (χ4n) is 11.2. The van der Waals surface area contributed by atoms with Crippen LogP contribution in [-0.4, -0.2) is 99.0 Å². The molecule has 1 aromatic rings. The van der Waals surface area contributed by atoms with Crippen LogP contribution in [0.1, 0.15) is 97.8 Å². The first kappa shape index (κ1) is 45.5. The van der Waals surface area contributed by atoms with E-state index >= 15 is 4.79 Å². The van der Waals surface area contributed by atoms with Gasteiger partial charge in [0.15, 0.2) is 17.0 Å². The van der Waals surface area contributed by atoms with Crippen LogP contribution in [0.2, 0.25) is 0 Å². The number of nitriles is 2. The molecule has 0 aromatic heterocycles. The van der Waals surface area contributed by atoms with Crippen LogP contribution < -0.4 is 14.2 Å². The van der Waals surface area contributed by atoms with Crippen molar-refractivity contribution in [1.29, 1.82) is 10.5 Å². The van der Waals surface area contributed by atoms with Crippen molar-refractivity contribution < 1.29 is 58.4 Å². The van der Waals surface area contributed by atoms with Crippen LogP contribution in [0, 0.1) is 52.3 Å². The number of aliphatic hydroxyl groups is 4. The van der Waals surface area contributed by atoms with E-state index in [2.05, 4.69) is 18.2 Å². The number of carbonyl (C=O) groups excluding carboxylic acids is 2. The molecule has 4 N–H and O–H groups in total. The van der Waals surface area contributed by atoms with Gasteiger partial charge in [-0.25, -0.2) is 4.79 Å². The number of ether oxygens (including phenoxy) is 6. The van der Waals surface area contributed by atoms with Crippen molar-refractivity contribution >= 4 is 17.8 Å². The van der Waals surface area contributed by atoms with Gasteiger partial charge in [0.05, 0.1) is 37.0 Å². The van der Waals surface area contributed by atoms with E-state index in [1.165, 1.54) is 12.7 Å². The minimum absolute atomic E-state index is 0.0460. The van der Waals surface area contributed by atoms with Crippen molar-refractivity contribution in [3.8, 4) is 29.4 Å². The third kappa shape index (κ3) is 7.08. The van der Waals surface area contributed by atoms with Crippen LogP contribution in [0.3, 0.4) is 0 Å². The molecule has 14 nitrogen and oxygen atoms in total. The van der Waals surface area contributed by atoms with Crippen molar-refractivity contribution in [3.63, 3.8) is 0 Å². The molecular formula is C48H60N2O12. The van der Waals surface area contributed by atoms with Crippen LogP contribution in [0.5, 0.6) is 17.2 Å². The molecule has 334 valence electrons. The van der Waals surface area contributed by atoms with E-state index in [4.69, 9.17) is 28.4 Å². The van der Waals surface area contributed by atoms with Gasteiger partial charge >= 0.3 is 5.97 Å². The lowest BCUT2D eigenvalue weighted by Crippen LogP contribution is -2.78. The first-order valence-corrected chi connectivity index (χ1v) is 21.6. The smallest absolute Gasteiger partial charge is 0.333 e. The largest absolute Gasteiger partial charge is 0.482 e. The van der Waals surface area contributed by atoms with Crippen LogP contribution >= 0.6 is 0 Å². The minimum atomic E-state index is -1.75. The monoisotopic (exact) mass is 856 g/mol. The van der Waals surface area contributed by atoms with Crippen molar-refractivity contribution in [3.05, 3.63) is 57.7 Å². The Balaban J connectivity index is 1.52. The molecule has 3 aliphatic carbocycles. The Morgan fingerprint density at radius 3 is 2.31 bits per heavy atom. The molecule has 4 bridgehead atoms. The Morgan fingerprint density at radius 2 is 1.68 bits per heavy atom. The zero-order chi connectivity index (χ0) is 45.3. The van der Waals surface area contributed by atoms with Gasteiger partial charge < -0.3 is 48.8 Å². The molecule has 0 radical (unpaired) electrons. The molecule has 1 aromatic carbocycles. The number of esters is 1. The second kappa shape index (κ2) is 16.5. The summed E-state index contributed by atoms with van der Waals surface area (Å²) in [5.41, 5.74) is -0.764. The first-order valence-electron chi connectivity index (χ1n) is 21.6. The van der Waals surface area contributed by atoms with E-state index in [9.17, 15) is 35.7 Å². The van der Waals surface area contributed by atoms with Crippen molar-refractivity contribution in [2.45, 2.75) is 147 Å². The SMILES string of the molecule is COC(=O)/C(C)=C\CC12OC(C)(C)C3CC(C1=O)C(C(C#N)C#N)C1Cc4c(O[C@@H]5O[C@H](CO)[C@@H](O)[C@H](O)[C@H]5O)c5c(c(CC=C(C)C)c4OC132)OC(C)(CCC=C(C)C)C=C5. The summed E-state index contributed by atoms with van der Waals surface area (Å²) in [6, 6.07) is 4.37. The highest BCUT2D eigenvalue weighted by Gasteiger charge is 2.84. The number of methoxy groups -OCH3 is 1. The highest BCUT2D eigenvalue weighted by molar-refractivity contribution is 5.96. The molecule has 2 saturated heterocycles. The van der Waals surface area contributed by atoms with Crippen molar-refractivity contribution in [2.75, 3.05) is 13.7 Å². The summed E-state index contributed by atoms with van der Waals surface area (Å²) in [6.07, 6.45) is 3.76. The number of hydrogen-bond acceptors (Lipinski definition) is 14. The zero-order valence-corrected chi connectivity index (χ0v) is 37.1. The van der Waals surface area contributed by atoms with Crippen molar-refractivity contribution in [1.82, 2.24) is 0 Å². The number of Topliss-reactive ketones (excluding diaryl/α,β-unsaturated/α-hetero) is 1. The van der Waals surface area contributed by atoms with Gasteiger partial charge in [-0.05, 0) is 99.6 Å². The number of nitrogens with zero attached hydrogens (tertiary/aromatic N) is 2. The molecule has 4 heterocycles. The maximum absolute atomic E-state index is 15.3. The minimum Gasteiger partial charge on any atom is -0.482 e. The maximum Gasteiger partial charge on any atom is 0.333 e. The highest BCUT2D eigenvalue weighted by atomic mass is 16.7. The molecule has 7 unspecified atom stereocenters. The Hall–Kier alpha value is -4.54. The normalized spacial score (nSPS) is 35.9. The summed E-state index contributed by atoms with van der Waals surface area (Å²) < 4.78 is 39.4. The van der Waals surface area contributed by atoms with E-state index in [1.54, 1.807) is 13.0 Å². The van der Waals surface area contributed by atoms with Crippen LogP contribution in [0.15, 0.2) is 41.0 Å². The average Bonchev–Trinajstić information content (AvgIpc) is 3.37. The predicted octanol–water partition coefficient (Wildman–Crippen LogP) is 5.13. The topological polar surface area (TPSA) is 218 Å². The predicted molar refractivity (Wildman–Crippen MR) is 224 cm³/mol. The number of hydrogen-bond donors (Lipinski definition) is 4. The lowest BCUT2D eigenvalue weighted by atomic mass is 9.42. The van der Waals surface area contributed by atoms with Gasteiger partial charge in [0.2, 0.25) is 6.29 Å². The van der Waals surface area contributed by atoms with E-state index < -0.39 is 95.3 Å². The molecule has 14 heteroatoms. The summed E-state index contributed by atoms with van der Waals surface area (Å²) in [5, 5.41) is 64.0. The molecule has 0 amide bonds. The number of carbonyl (C=O) groups is 2. The Labute approximate surface area is 363 Å². The van der Waals surface area contributed by atoms with Gasteiger partial charge in [-0.1, -0.05) is 29.4 Å². The van der Waals surface area contributed by atoms with Gasteiger partial charge in [0, 0.05) is 46.8 Å².